The van der Waals surface area contributed by atoms with Gasteiger partial charge in [0, 0.05) is 39.0 Å². The van der Waals surface area contributed by atoms with Crippen molar-refractivity contribution in [1.29, 1.82) is 0 Å². The first-order valence-corrected chi connectivity index (χ1v) is 9.51. The number of amides is 2. The molecule has 2 amide bonds. The lowest BCUT2D eigenvalue weighted by Gasteiger charge is -2.31. The third-order valence-electron chi connectivity index (χ3n) is 4.54. The van der Waals surface area contributed by atoms with Gasteiger partial charge in [-0.15, -0.1) is 0 Å². The van der Waals surface area contributed by atoms with Gasteiger partial charge in [-0.3, -0.25) is 9.59 Å². The first-order valence-electron chi connectivity index (χ1n) is 8.07. The van der Waals surface area contributed by atoms with Crippen LogP contribution in [-0.4, -0.2) is 69.8 Å². The number of carbonyl (C=O) groups is 2. The van der Waals surface area contributed by atoms with Gasteiger partial charge in [0.05, 0.1) is 17.7 Å². The summed E-state index contributed by atoms with van der Waals surface area (Å²) in [5, 5.41) is 0. The molecule has 0 N–H and O–H groups in total. The maximum Gasteiger partial charge on any atom is 0.243 e. The van der Waals surface area contributed by atoms with E-state index in [1.54, 1.807) is 0 Å². The van der Waals surface area contributed by atoms with Gasteiger partial charge in [0.2, 0.25) is 21.8 Å². The van der Waals surface area contributed by atoms with E-state index < -0.39 is 10.0 Å². The molecular formula is C16H21N3O5S. The van der Waals surface area contributed by atoms with Gasteiger partial charge in [-0.1, -0.05) is 0 Å². The van der Waals surface area contributed by atoms with E-state index in [4.69, 9.17) is 4.74 Å². The molecule has 0 atom stereocenters. The number of nitrogens with zero attached hydrogens (tertiary/aromatic N) is 3. The smallest absolute Gasteiger partial charge is 0.243 e. The van der Waals surface area contributed by atoms with E-state index >= 15 is 0 Å². The molecule has 0 spiro atoms. The number of anilines is 1. The summed E-state index contributed by atoms with van der Waals surface area (Å²) in [5.41, 5.74) is 0.185. The van der Waals surface area contributed by atoms with Crippen LogP contribution in [-0.2, 0) is 19.6 Å². The van der Waals surface area contributed by atoms with E-state index in [1.807, 2.05) is 7.05 Å². The first kappa shape index (κ1) is 17.8. The summed E-state index contributed by atoms with van der Waals surface area (Å²) in [6, 6.07) is 4.28. The molecule has 8 nitrogen and oxygen atoms in total. The molecule has 9 heteroatoms. The Kier molecular flexibility index (Phi) is 4.81. The summed E-state index contributed by atoms with van der Waals surface area (Å²) in [4.78, 5) is 27.2. The fourth-order valence-corrected chi connectivity index (χ4v) is 4.47. The second-order valence-corrected chi connectivity index (χ2v) is 8.10. The monoisotopic (exact) mass is 367 g/mol. The normalized spacial score (nSPS) is 20.3. The number of likely N-dealkylation sites (N-methyl/N-ethyl adjacent to an activating group) is 1. The van der Waals surface area contributed by atoms with Crippen LogP contribution >= 0.6 is 0 Å². The number of hydrogen-bond acceptors (Lipinski definition) is 6. The number of ether oxygens (including phenoxy) is 1. The highest BCUT2D eigenvalue weighted by molar-refractivity contribution is 7.89. The molecule has 0 bridgehead atoms. The highest BCUT2D eigenvalue weighted by Crippen LogP contribution is 2.35. The average molecular weight is 367 g/mol. The minimum absolute atomic E-state index is 0.0559. The number of piperazine rings is 1. The Balaban J connectivity index is 1.99. The lowest BCUT2D eigenvalue weighted by Crippen LogP contribution is -2.47. The zero-order chi connectivity index (χ0) is 18.2. The van der Waals surface area contributed by atoms with Gasteiger partial charge in [0.25, 0.3) is 0 Å². The molecular weight excluding hydrogens is 346 g/mol. The van der Waals surface area contributed by atoms with Crippen LogP contribution in [0.5, 0.6) is 5.75 Å². The molecule has 0 radical (unpaired) electrons. The van der Waals surface area contributed by atoms with Crippen LogP contribution < -0.4 is 9.64 Å². The van der Waals surface area contributed by atoms with Gasteiger partial charge in [-0.05, 0) is 25.2 Å². The van der Waals surface area contributed by atoms with Crippen LogP contribution in [0.4, 0.5) is 5.69 Å². The quantitative estimate of drug-likeness (QED) is 0.711. The van der Waals surface area contributed by atoms with Crippen LogP contribution in [0.1, 0.15) is 12.8 Å². The maximum atomic E-state index is 12.9. The van der Waals surface area contributed by atoms with Crippen LogP contribution in [0.2, 0.25) is 0 Å². The molecule has 0 aromatic heterocycles. The Morgan fingerprint density at radius 2 is 1.60 bits per heavy atom. The van der Waals surface area contributed by atoms with Gasteiger partial charge < -0.3 is 9.64 Å². The fraction of sp³-hybridized carbons (Fsp3) is 0.500. The van der Waals surface area contributed by atoms with Gasteiger partial charge in [-0.25, -0.2) is 13.3 Å². The topological polar surface area (TPSA) is 87.2 Å². The number of imide groups is 1. The molecule has 2 heterocycles. The molecule has 2 saturated heterocycles. The van der Waals surface area contributed by atoms with Crippen LogP contribution in [0.15, 0.2) is 23.1 Å². The Morgan fingerprint density at radius 1 is 1.00 bits per heavy atom. The maximum absolute atomic E-state index is 12.9. The minimum atomic E-state index is -3.70. The number of rotatable bonds is 4. The molecule has 136 valence electrons. The van der Waals surface area contributed by atoms with Crippen molar-refractivity contribution in [2.75, 3.05) is 45.2 Å². The lowest BCUT2D eigenvalue weighted by molar-refractivity contribution is -0.121. The molecule has 3 rings (SSSR count). The molecule has 2 aliphatic heterocycles. The zero-order valence-corrected chi connectivity index (χ0v) is 15.1. The van der Waals surface area contributed by atoms with Crippen molar-refractivity contribution in [3.8, 4) is 5.75 Å². The number of benzene rings is 1. The molecule has 2 aliphatic rings. The number of hydrogen-bond donors (Lipinski definition) is 0. The molecule has 1 aromatic rings. The van der Waals surface area contributed by atoms with Gasteiger partial charge in [-0.2, -0.15) is 4.31 Å². The van der Waals surface area contributed by atoms with Crippen LogP contribution in [0.25, 0.3) is 0 Å². The Bertz CT molecular complexity index is 784. The van der Waals surface area contributed by atoms with Crippen molar-refractivity contribution in [3.05, 3.63) is 18.2 Å². The summed E-state index contributed by atoms with van der Waals surface area (Å²) >= 11 is 0. The third kappa shape index (κ3) is 3.26. The van der Waals surface area contributed by atoms with E-state index in [0.29, 0.717) is 31.9 Å². The summed E-state index contributed by atoms with van der Waals surface area (Å²) < 4.78 is 32.4. The highest BCUT2D eigenvalue weighted by atomic mass is 32.2. The van der Waals surface area contributed by atoms with Crippen molar-refractivity contribution in [2.45, 2.75) is 17.7 Å². The van der Waals surface area contributed by atoms with Gasteiger partial charge in [0.1, 0.15) is 5.75 Å². The largest absolute Gasteiger partial charge is 0.495 e. The zero-order valence-electron chi connectivity index (χ0n) is 14.3. The van der Waals surface area contributed by atoms with Gasteiger partial charge >= 0.3 is 0 Å². The standard InChI is InChI=1S/C16H21N3O5S/c1-17-7-9-18(10-8-17)25(22,23)12-3-4-14(24-2)13(11-12)19-15(20)5-6-16(19)21/h3-4,11H,5-10H2,1-2H3. The second kappa shape index (κ2) is 6.74. The van der Waals surface area contributed by atoms with Crippen molar-refractivity contribution in [2.24, 2.45) is 0 Å². The summed E-state index contributed by atoms with van der Waals surface area (Å²) in [7, 11) is -0.336. The van der Waals surface area contributed by atoms with Crippen LogP contribution in [0.3, 0.4) is 0 Å². The first-order chi connectivity index (χ1) is 11.8. The average Bonchev–Trinajstić information content (AvgIpc) is 2.93. The molecule has 2 fully saturated rings. The van der Waals surface area contributed by atoms with E-state index in [-0.39, 0.29) is 35.2 Å². The van der Waals surface area contributed by atoms with E-state index in [0.717, 1.165) is 4.90 Å². The SMILES string of the molecule is COc1ccc(S(=O)(=O)N2CCN(C)CC2)cc1N1C(=O)CCC1=O. The number of sulfonamides is 1. The number of carbonyl (C=O) groups excluding carboxylic acids is 2. The van der Waals surface area contributed by atoms with E-state index in [2.05, 4.69) is 4.90 Å². The molecule has 1 aromatic carbocycles. The minimum Gasteiger partial charge on any atom is -0.495 e. The fourth-order valence-electron chi connectivity index (χ4n) is 3.03. The second-order valence-electron chi connectivity index (χ2n) is 6.16. The Hall–Kier alpha value is -1.97. The summed E-state index contributed by atoms with van der Waals surface area (Å²) in [5.74, 6) is -0.407. The summed E-state index contributed by atoms with van der Waals surface area (Å²) in [6.07, 6.45) is 0.245. The van der Waals surface area contributed by atoms with Crippen molar-refractivity contribution < 1.29 is 22.7 Å². The van der Waals surface area contributed by atoms with Crippen molar-refractivity contribution >= 4 is 27.5 Å². The Morgan fingerprint density at radius 3 is 2.16 bits per heavy atom. The number of methoxy groups -OCH3 is 1. The van der Waals surface area contributed by atoms with Crippen molar-refractivity contribution in [1.82, 2.24) is 9.21 Å². The lowest BCUT2D eigenvalue weighted by atomic mass is 10.2. The van der Waals surface area contributed by atoms with Crippen molar-refractivity contribution in [3.63, 3.8) is 0 Å². The van der Waals surface area contributed by atoms with E-state index in [9.17, 15) is 18.0 Å². The third-order valence-corrected chi connectivity index (χ3v) is 6.44. The summed E-state index contributed by atoms with van der Waals surface area (Å²) in [6.45, 7) is 2.13. The predicted octanol–water partition coefficient (Wildman–Crippen LogP) is 0.285. The highest BCUT2D eigenvalue weighted by Gasteiger charge is 2.34. The molecule has 0 saturated carbocycles. The van der Waals surface area contributed by atoms with Crippen LogP contribution in [0, 0.1) is 0 Å². The predicted molar refractivity (Wildman–Crippen MR) is 91.0 cm³/mol. The molecule has 0 aliphatic carbocycles. The molecule has 0 unspecified atom stereocenters. The van der Waals surface area contributed by atoms with Gasteiger partial charge in [0.15, 0.2) is 0 Å². The molecule has 25 heavy (non-hydrogen) atoms. The van der Waals surface area contributed by atoms with E-state index in [1.165, 1.54) is 29.6 Å². The Labute approximate surface area is 147 Å².